The fourth-order valence-corrected chi connectivity index (χ4v) is 3.01. The van der Waals surface area contributed by atoms with Crippen molar-refractivity contribution in [3.8, 4) is 0 Å². The number of para-hydroxylation sites is 1. The van der Waals surface area contributed by atoms with E-state index in [1.807, 2.05) is 0 Å². The van der Waals surface area contributed by atoms with Gasteiger partial charge in [0.2, 0.25) is 0 Å². The predicted octanol–water partition coefficient (Wildman–Crippen LogP) is 4.33. The van der Waals surface area contributed by atoms with Crippen LogP contribution in [-0.2, 0) is 0 Å². The molecule has 2 atom stereocenters. The second-order valence-corrected chi connectivity index (χ2v) is 5.28. The van der Waals surface area contributed by atoms with Crippen LogP contribution in [0.25, 0.3) is 0 Å². The molecule has 3 rings (SSSR count). The maximum Gasteiger partial charge on any atom is 0.0381 e. The van der Waals surface area contributed by atoms with E-state index < -0.39 is 0 Å². The SMILES string of the molecule is Cc1ccccc1C1CC(C)Nc2ccccc21. The first-order chi connectivity index (χ1) is 8.75. The molecule has 0 saturated carbocycles. The smallest absolute Gasteiger partial charge is 0.0381 e. The lowest BCUT2D eigenvalue weighted by Crippen LogP contribution is -2.26. The molecule has 1 aliphatic rings. The average Bonchev–Trinajstić information content (AvgIpc) is 2.38. The second kappa shape index (κ2) is 4.49. The summed E-state index contributed by atoms with van der Waals surface area (Å²) in [6.45, 7) is 4.48. The summed E-state index contributed by atoms with van der Waals surface area (Å²) in [5.74, 6) is 0.527. The van der Waals surface area contributed by atoms with E-state index in [1.54, 1.807) is 0 Å². The number of hydrogen-bond donors (Lipinski definition) is 1. The molecule has 0 saturated heterocycles. The summed E-state index contributed by atoms with van der Waals surface area (Å²) in [4.78, 5) is 0. The number of hydrogen-bond acceptors (Lipinski definition) is 1. The Hall–Kier alpha value is -1.76. The summed E-state index contributed by atoms with van der Waals surface area (Å²) in [6.07, 6.45) is 1.17. The number of fused-ring (bicyclic) bond motifs is 1. The minimum absolute atomic E-state index is 0.527. The van der Waals surface area contributed by atoms with Crippen LogP contribution < -0.4 is 5.32 Å². The minimum Gasteiger partial charge on any atom is -0.382 e. The van der Waals surface area contributed by atoms with E-state index in [-0.39, 0.29) is 0 Å². The molecule has 0 amide bonds. The highest BCUT2D eigenvalue weighted by Gasteiger charge is 2.25. The zero-order valence-electron chi connectivity index (χ0n) is 11.0. The molecule has 1 N–H and O–H groups in total. The Morgan fingerprint density at radius 1 is 0.944 bits per heavy atom. The van der Waals surface area contributed by atoms with Crippen molar-refractivity contribution in [2.75, 3.05) is 5.32 Å². The van der Waals surface area contributed by atoms with Gasteiger partial charge < -0.3 is 5.32 Å². The van der Waals surface area contributed by atoms with Gasteiger partial charge in [-0.15, -0.1) is 0 Å². The van der Waals surface area contributed by atoms with Crippen molar-refractivity contribution in [2.45, 2.75) is 32.2 Å². The average molecular weight is 237 g/mol. The number of aryl methyl sites for hydroxylation is 1. The molecule has 18 heavy (non-hydrogen) atoms. The molecule has 1 nitrogen and oxygen atoms in total. The summed E-state index contributed by atoms with van der Waals surface area (Å²) in [5.41, 5.74) is 5.60. The van der Waals surface area contributed by atoms with Gasteiger partial charge in [-0.05, 0) is 43.0 Å². The molecule has 0 fully saturated rings. The highest BCUT2D eigenvalue weighted by atomic mass is 14.9. The van der Waals surface area contributed by atoms with E-state index >= 15 is 0 Å². The Kier molecular flexibility index (Phi) is 2.83. The van der Waals surface area contributed by atoms with Crippen LogP contribution in [0.5, 0.6) is 0 Å². The van der Waals surface area contributed by atoms with E-state index in [4.69, 9.17) is 0 Å². The molecule has 0 aromatic heterocycles. The van der Waals surface area contributed by atoms with Gasteiger partial charge in [-0.3, -0.25) is 0 Å². The number of rotatable bonds is 1. The predicted molar refractivity (Wildman–Crippen MR) is 77.2 cm³/mol. The van der Waals surface area contributed by atoms with Crippen molar-refractivity contribution in [3.05, 3.63) is 65.2 Å². The van der Waals surface area contributed by atoms with Gasteiger partial charge in [0.15, 0.2) is 0 Å². The molecule has 1 heteroatoms. The number of nitrogens with one attached hydrogen (secondary N) is 1. The molecule has 92 valence electrons. The molecular formula is C17H19N. The van der Waals surface area contributed by atoms with Gasteiger partial charge in [-0.1, -0.05) is 42.5 Å². The Labute approximate surface area is 109 Å². The first kappa shape index (κ1) is 11.3. The van der Waals surface area contributed by atoms with E-state index in [2.05, 4.69) is 67.7 Å². The first-order valence-electron chi connectivity index (χ1n) is 6.66. The Morgan fingerprint density at radius 2 is 1.61 bits per heavy atom. The lowest BCUT2D eigenvalue weighted by Gasteiger charge is -2.32. The maximum atomic E-state index is 3.58. The molecule has 0 bridgehead atoms. The van der Waals surface area contributed by atoms with Gasteiger partial charge in [0.25, 0.3) is 0 Å². The highest BCUT2D eigenvalue weighted by Crippen LogP contribution is 2.39. The van der Waals surface area contributed by atoms with Crippen LogP contribution in [-0.4, -0.2) is 6.04 Å². The van der Waals surface area contributed by atoms with Crippen molar-refractivity contribution in [1.29, 1.82) is 0 Å². The van der Waals surface area contributed by atoms with Gasteiger partial charge in [0.1, 0.15) is 0 Å². The molecule has 0 spiro atoms. The third-order valence-electron chi connectivity index (χ3n) is 3.89. The third kappa shape index (κ3) is 1.90. The van der Waals surface area contributed by atoms with Crippen molar-refractivity contribution >= 4 is 5.69 Å². The monoisotopic (exact) mass is 237 g/mol. The van der Waals surface area contributed by atoms with Crippen molar-refractivity contribution in [3.63, 3.8) is 0 Å². The normalized spacial score (nSPS) is 22.1. The quantitative estimate of drug-likeness (QED) is 0.778. The number of anilines is 1. The third-order valence-corrected chi connectivity index (χ3v) is 3.89. The molecular weight excluding hydrogens is 218 g/mol. The molecule has 0 radical (unpaired) electrons. The summed E-state index contributed by atoms with van der Waals surface area (Å²) in [6, 6.07) is 18.0. The molecule has 1 aliphatic heterocycles. The van der Waals surface area contributed by atoms with Gasteiger partial charge in [-0.2, -0.15) is 0 Å². The summed E-state index contributed by atoms with van der Waals surface area (Å²) in [5, 5.41) is 3.58. The standard InChI is InChI=1S/C17H19N/c1-12-7-3-4-8-14(12)16-11-13(2)18-17-10-6-5-9-15(16)17/h3-10,13,16,18H,11H2,1-2H3. The maximum absolute atomic E-state index is 3.58. The summed E-state index contributed by atoms with van der Waals surface area (Å²) >= 11 is 0. The van der Waals surface area contributed by atoms with Crippen molar-refractivity contribution in [2.24, 2.45) is 0 Å². The Bertz CT molecular complexity index is 559. The van der Waals surface area contributed by atoms with E-state index in [0.717, 1.165) is 0 Å². The van der Waals surface area contributed by atoms with Gasteiger partial charge in [0.05, 0.1) is 0 Å². The van der Waals surface area contributed by atoms with Crippen LogP contribution >= 0.6 is 0 Å². The lowest BCUT2D eigenvalue weighted by atomic mass is 9.81. The van der Waals surface area contributed by atoms with Crippen LogP contribution in [0.15, 0.2) is 48.5 Å². The fraction of sp³-hybridized carbons (Fsp3) is 0.294. The van der Waals surface area contributed by atoms with Crippen LogP contribution in [0.2, 0.25) is 0 Å². The van der Waals surface area contributed by atoms with E-state index in [9.17, 15) is 0 Å². The summed E-state index contributed by atoms with van der Waals surface area (Å²) < 4.78 is 0. The fourth-order valence-electron chi connectivity index (χ4n) is 3.01. The second-order valence-electron chi connectivity index (χ2n) is 5.28. The van der Waals surface area contributed by atoms with Gasteiger partial charge >= 0.3 is 0 Å². The molecule has 2 unspecified atom stereocenters. The number of benzene rings is 2. The van der Waals surface area contributed by atoms with E-state index in [1.165, 1.54) is 28.8 Å². The molecule has 2 aromatic carbocycles. The lowest BCUT2D eigenvalue weighted by molar-refractivity contribution is 0.612. The van der Waals surface area contributed by atoms with Crippen molar-refractivity contribution in [1.82, 2.24) is 0 Å². The van der Waals surface area contributed by atoms with Crippen molar-refractivity contribution < 1.29 is 0 Å². The molecule has 0 aliphatic carbocycles. The van der Waals surface area contributed by atoms with Gasteiger partial charge in [0, 0.05) is 17.6 Å². The topological polar surface area (TPSA) is 12.0 Å². The van der Waals surface area contributed by atoms with Crippen LogP contribution in [0.3, 0.4) is 0 Å². The zero-order valence-corrected chi connectivity index (χ0v) is 11.0. The van der Waals surface area contributed by atoms with E-state index in [0.29, 0.717) is 12.0 Å². The largest absolute Gasteiger partial charge is 0.382 e. The Balaban J connectivity index is 2.11. The highest BCUT2D eigenvalue weighted by molar-refractivity contribution is 5.58. The van der Waals surface area contributed by atoms with Crippen LogP contribution in [0.4, 0.5) is 5.69 Å². The van der Waals surface area contributed by atoms with Crippen LogP contribution in [0, 0.1) is 6.92 Å². The molecule has 1 heterocycles. The van der Waals surface area contributed by atoms with Crippen LogP contribution in [0.1, 0.15) is 36.0 Å². The summed E-state index contributed by atoms with van der Waals surface area (Å²) in [7, 11) is 0. The zero-order chi connectivity index (χ0) is 12.5. The molecule has 2 aromatic rings. The Morgan fingerprint density at radius 3 is 2.39 bits per heavy atom. The van der Waals surface area contributed by atoms with Gasteiger partial charge in [-0.25, -0.2) is 0 Å². The first-order valence-corrected chi connectivity index (χ1v) is 6.66. The minimum atomic E-state index is 0.527.